The number of methoxy groups -OCH3 is 1. The van der Waals surface area contributed by atoms with Gasteiger partial charge < -0.3 is 10.5 Å². The molecule has 1 atom stereocenters. The molecule has 0 aliphatic heterocycles. The lowest BCUT2D eigenvalue weighted by Gasteiger charge is -2.15. The SMILES string of the molecule is COc1ccc(Cl)cc1C(N)c1sccc1Br. The van der Waals surface area contributed by atoms with E-state index < -0.39 is 0 Å². The molecule has 17 heavy (non-hydrogen) atoms. The first kappa shape index (κ1) is 12.9. The van der Waals surface area contributed by atoms with Crippen LogP contribution in [0.4, 0.5) is 0 Å². The second-order valence-electron chi connectivity index (χ2n) is 3.50. The molecule has 2 nitrogen and oxygen atoms in total. The Morgan fingerprint density at radius 2 is 2.18 bits per heavy atom. The van der Waals surface area contributed by atoms with Gasteiger partial charge in [0, 0.05) is 19.9 Å². The maximum absolute atomic E-state index is 6.25. The van der Waals surface area contributed by atoms with E-state index in [9.17, 15) is 0 Å². The molecule has 0 saturated heterocycles. The molecule has 1 aromatic heterocycles. The number of rotatable bonds is 3. The van der Waals surface area contributed by atoms with Crippen molar-refractivity contribution in [1.29, 1.82) is 0 Å². The van der Waals surface area contributed by atoms with Gasteiger partial charge in [-0.2, -0.15) is 0 Å². The van der Waals surface area contributed by atoms with Crippen LogP contribution in [0.2, 0.25) is 5.02 Å². The molecule has 1 unspecified atom stereocenters. The van der Waals surface area contributed by atoms with Crippen LogP contribution < -0.4 is 10.5 Å². The van der Waals surface area contributed by atoms with Gasteiger partial charge in [-0.25, -0.2) is 0 Å². The predicted octanol–water partition coefficient (Wildman–Crippen LogP) is 4.22. The summed E-state index contributed by atoms with van der Waals surface area (Å²) in [5.74, 6) is 0.752. The molecule has 0 fully saturated rings. The molecule has 0 aliphatic rings. The molecular weight excluding hydrogens is 322 g/mol. The zero-order chi connectivity index (χ0) is 12.4. The van der Waals surface area contributed by atoms with Gasteiger partial charge >= 0.3 is 0 Å². The number of hydrogen-bond acceptors (Lipinski definition) is 3. The molecule has 2 aromatic rings. The number of thiophene rings is 1. The summed E-state index contributed by atoms with van der Waals surface area (Å²) in [7, 11) is 1.63. The summed E-state index contributed by atoms with van der Waals surface area (Å²) >= 11 is 11.1. The van der Waals surface area contributed by atoms with E-state index in [1.807, 2.05) is 23.6 Å². The molecule has 0 amide bonds. The van der Waals surface area contributed by atoms with Crippen molar-refractivity contribution in [1.82, 2.24) is 0 Å². The highest BCUT2D eigenvalue weighted by molar-refractivity contribution is 9.10. The lowest BCUT2D eigenvalue weighted by atomic mass is 10.1. The van der Waals surface area contributed by atoms with Crippen LogP contribution in [-0.4, -0.2) is 7.11 Å². The van der Waals surface area contributed by atoms with Crippen LogP contribution in [0.15, 0.2) is 34.1 Å². The van der Waals surface area contributed by atoms with E-state index in [0.29, 0.717) is 5.02 Å². The summed E-state index contributed by atoms with van der Waals surface area (Å²) in [5.41, 5.74) is 7.14. The second-order valence-corrected chi connectivity index (χ2v) is 5.74. The maximum Gasteiger partial charge on any atom is 0.124 e. The zero-order valence-electron chi connectivity index (χ0n) is 9.11. The quantitative estimate of drug-likeness (QED) is 0.913. The summed E-state index contributed by atoms with van der Waals surface area (Å²) in [6, 6.07) is 7.21. The average Bonchev–Trinajstić information content (AvgIpc) is 2.74. The topological polar surface area (TPSA) is 35.2 Å². The van der Waals surface area contributed by atoms with Crippen molar-refractivity contribution in [3.8, 4) is 5.75 Å². The summed E-state index contributed by atoms with van der Waals surface area (Å²) in [6.07, 6.45) is 0. The van der Waals surface area contributed by atoms with Crippen LogP contribution >= 0.6 is 38.9 Å². The average molecular weight is 333 g/mol. The lowest BCUT2D eigenvalue weighted by Crippen LogP contribution is -2.12. The Morgan fingerprint density at radius 1 is 1.41 bits per heavy atom. The molecule has 5 heteroatoms. The zero-order valence-corrected chi connectivity index (χ0v) is 12.3. The molecule has 1 heterocycles. The van der Waals surface area contributed by atoms with Gasteiger partial charge in [0.15, 0.2) is 0 Å². The molecule has 2 rings (SSSR count). The number of halogens is 2. The van der Waals surface area contributed by atoms with Gasteiger partial charge in [0.05, 0.1) is 13.2 Å². The third kappa shape index (κ3) is 2.65. The van der Waals surface area contributed by atoms with E-state index in [-0.39, 0.29) is 6.04 Å². The maximum atomic E-state index is 6.25. The third-order valence-corrected chi connectivity index (χ3v) is 4.64. The first-order valence-corrected chi connectivity index (χ1v) is 7.00. The van der Waals surface area contributed by atoms with Crippen molar-refractivity contribution in [2.45, 2.75) is 6.04 Å². The molecule has 0 saturated carbocycles. The van der Waals surface area contributed by atoms with Crippen LogP contribution in [0.5, 0.6) is 5.75 Å². The number of nitrogens with two attached hydrogens (primary N) is 1. The van der Waals surface area contributed by atoms with Crippen molar-refractivity contribution < 1.29 is 4.74 Å². The number of benzene rings is 1. The van der Waals surface area contributed by atoms with Crippen molar-refractivity contribution >= 4 is 38.9 Å². The summed E-state index contributed by atoms with van der Waals surface area (Å²) in [4.78, 5) is 1.06. The highest BCUT2D eigenvalue weighted by Gasteiger charge is 2.18. The Kier molecular flexibility index (Phi) is 4.09. The number of hydrogen-bond donors (Lipinski definition) is 1. The normalized spacial score (nSPS) is 12.5. The van der Waals surface area contributed by atoms with Crippen LogP contribution in [0.25, 0.3) is 0 Å². The Balaban J connectivity index is 2.46. The van der Waals surface area contributed by atoms with Gasteiger partial charge in [-0.05, 0) is 45.6 Å². The molecule has 0 bridgehead atoms. The summed E-state index contributed by atoms with van der Waals surface area (Å²) < 4.78 is 6.32. The van der Waals surface area contributed by atoms with E-state index in [2.05, 4.69) is 15.9 Å². The standard InChI is InChI=1S/C12H11BrClNOS/c1-16-10-3-2-7(14)6-8(10)11(15)12-9(13)4-5-17-12/h2-6,11H,15H2,1H3. The van der Waals surface area contributed by atoms with Crippen molar-refractivity contribution in [2.75, 3.05) is 7.11 Å². The Labute approximate surface area is 117 Å². The van der Waals surface area contributed by atoms with E-state index in [1.54, 1.807) is 24.5 Å². The molecular formula is C12H11BrClNOS. The second kappa shape index (κ2) is 5.40. The molecule has 1 aromatic carbocycles. The highest BCUT2D eigenvalue weighted by Crippen LogP contribution is 2.36. The molecule has 0 radical (unpaired) electrons. The number of ether oxygens (including phenoxy) is 1. The fourth-order valence-corrected chi connectivity index (χ4v) is 3.44. The minimum absolute atomic E-state index is 0.238. The minimum Gasteiger partial charge on any atom is -0.496 e. The first-order chi connectivity index (χ1) is 8.13. The van der Waals surface area contributed by atoms with Crippen LogP contribution in [0, 0.1) is 0 Å². The lowest BCUT2D eigenvalue weighted by molar-refractivity contribution is 0.408. The van der Waals surface area contributed by atoms with Crippen molar-refractivity contribution in [3.63, 3.8) is 0 Å². The van der Waals surface area contributed by atoms with Gasteiger partial charge in [-0.3, -0.25) is 0 Å². The van der Waals surface area contributed by atoms with Crippen LogP contribution in [0.1, 0.15) is 16.5 Å². The Morgan fingerprint density at radius 3 is 2.76 bits per heavy atom. The van der Waals surface area contributed by atoms with Crippen LogP contribution in [-0.2, 0) is 0 Å². The van der Waals surface area contributed by atoms with E-state index in [1.165, 1.54) is 0 Å². The van der Waals surface area contributed by atoms with Gasteiger partial charge in [-0.15, -0.1) is 11.3 Å². The fourth-order valence-electron chi connectivity index (χ4n) is 1.62. The highest BCUT2D eigenvalue weighted by atomic mass is 79.9. The Hall–Kier alpha value is -0.550. The smallest absolute Gasteiger partial charge is 0.124 e. The van der Waals surface area contributed by atoms with Crippen molar-refractivity contribution in [3.05, 3.63) is 49.6 Å². The van der Waals surface area contributed by atoms with E-state index in [4.69, 9.17) is 22.1 Å². The largest absolute Gasteiger partial charge is 0.496 e. The van der Waals surface area contributed by atoms with E-state index >= 15 is 0 Å². The molecule has 0 spiro atoms. The summed E-state index contributed by atoms with van der Waals surface area (Å²) in [5, 5.41) is 2.65. The summed E-state index contributed by atoms with van der Waals surface area (Å²) in [6.45, 7) is 0. The molecule has 2 N–H and O–H groups in total. The van der Waals surface area contributed by atoms with E-state index in [0.717, 1.165) is 20.7 Å². The Bertz CT molecular complexity index is 529. The van der Waals surface area contributed by atoms with Crippen molar-refractivity contribution in [2.24, 2.45) is 5.73 Å². The minimum atomic E-state index is -0.238. The molecule has 0 aliphatic carbocycles. The van der Waals surface area contributed by atoms with Gasteiger partial charge in [-0.1, -0.05) is 11.6 Å². The fraction of sp³-hybridized carbons (Fsp3) is 0.167. The van der Waals surface area contributed by atoms with Gasteiger partial charge in [0.25, 0.3) is 0 Å². The molecule has 90 valence electrons. The van der Waals surface area contributed by atoms with Gasteiger partial charge in [0.1, 0.15) is 5.75 Å². The third-order valence-electron chi connectivity index (χ3n) is 2.45. The van der Waals surface area contributed by atoms with Gasteiger partial charge in [0.2, 0.25) is 0 Å². The predicted molar refractivity (Wildman–Crippen MR) is 76.1 cm³/mol. The first-order valence-electron chi connectivity index (χ1n) is 4.95. The van der Waals surface area contributed by atoms with Crippen LogP contribution in [0.3, 0.4) is 0 Å². The monoisotopic (exact) mass is 331 g/mol.